The molecule has 0 heterocycles. The topological polar surface area (TPSA) is 33.6 Å². The third-order valence-corrected chi connectivity index (χ3v) is 0.928. The second-order valence-electron chi connectivity index (χ2n) is 1.75. The van der Waals surface area contributed by atoms with Crippen LogP contribution in [0.3, 0.4) is 0 Å². The molecule has 0 spiro atoms. The summed E-state index contributed by atoms with van der Waals surface area (Å²) in [7, 11) is 1.57. The highest BCUT2D eigenvalue weighted by atomic mass is 16.5. The zero-order valence-corrected chi connectivity index (χ0v) is 6.55. The van der Waals surface area contributed by atoms with Crippen LogP contribution in [0.15, 0.2) is 17.8 Å². The van der Waals surface area contributed by atoms with Gasteiger partial charge < -0.3 is 10.1 Å². The fourth-order valence-corrected chi connectivity index (χ4v) is 0.485. The Kier molecular flexibility index (Phi) is 5.53. The molecule has 0 aliphatic rings. The molecule has 0 rings (SSSR count). The molecule has 0 saturated heterocycles. The van der Waals surface area contributed by atoms with Crippen LogP contribution in [-0.4, -0.2) is 19.7 Å². The van der Waals surface area contributed by atoms with Crippen LogP contribution in [0.1, 0.15) is 13.3 Å². The fourth-order valence-electron chi connectivity index (χ4n) is 0.485. The number of methoxy groups -OCH3 is 1. The zero-order valence-electron chi connectivity index (χ0n) is 6.55. The summed E-state index contributed by atoms with van der Waals surface area (Å²) in [4.78, 5) is 3.83. The van der Waals surface area contributed by atoms with Crippen molar-refractivity contribution >= 4 is 6.02 Å². The normalized spacial score (nSPS) is 10.8. The highest BCUT2D eigenvalue weighted by Gasteiger charge is 1.90. The lowest BCUT2D eigenvalue weighted by Crippen LogP contribution is -2.25. The van der Waals surface area contributed by atoms with Crippen LogP contribution in [0.25, 0.3) is 0 Å². The highest BCUT2D eigenvalue weighted by molar-refractivity contribution is 5.73. The predicted octanol–water partition coefficient (Wildman–Crippen LogP) is 1.13. The number of ether oxygens (including phenoxy) is 1. The molecule has 0 fully saturated rings. The summed E-state index contributed by atoms with van der Waals surface area (Å²) in [5, 5.41) is 2.98. The van der Waals surface area contributed by atoms with Gasteiger partial charge in [-0.15, -0.1) is 0 Å². The number of aliphatic imine (C=N–C) groups is 1. The zero-order chi connectivity index (χ0) is 7.82. The van der Waals surface area contributed by atoms with Gasteiger partial charge in [0.1, 0.15) is 0 Å². The molecule has 0 aliphatic carbocycles. The van der Waals surface area contributed by atoms with E-state index in [1.807, 2.05) is 0 Å². The summed E-state index contributed by atoms with van der Waals surface area (Å²) in [6, 6.07) is 0.525. The number of amidine groups is 1. The summed E-state index contributed by atoms with van der Waals surface area (Å²) in [5.41, 5.74) is 0. The average Bonchev–Trinajstić information content (AvgIpc) is 1.98. The minimum atomic E-state index is 0.525. The van der Waals surface area contributed by atoms with E-state index in [0.717, 1.165) is 13.0 Å². The van der Waals surface area contributed by atoms with Crippen molar-refractivity contribution in [3.63, 3.8) is 0 Å². The van der Waals surface area contributed by atoms with Crippen LogP contribution in [0.4, 0.5) is 0 Å². The Balaban J connectivity index is 3.59. The molecule has 3 heteroatoms. The van der Waals surface area contributed by atoms with Crippen molar-refractivity contribution in [1.29, 1.82) is 0 Å². The van der Waals surface area contributed by atoms with Gasteiger partial charge in [-0.25, -0.2) is 4.99 Å². The molecule has 0 aromatic heterocycles. The molecular weight excluding hydrogens is 128 g/mol. The van der Waals surface area contributed by atoms with Gasteiger partial charge in [-0.05, 0) is 6.42 Å². The van der Waals surface area contributed by atoms with Gasteiger partial charge in [-0.3, -0.25) is 0 Å². The van der Waals surface area contributed by atoms with E-state index in [1.54, 1.807) is 7.11 Å². The van der Waals surface area contributed by atoms with E-state index >= 15 is 0 Å². The smallest absolute Gasteiger partial charge is 0.288 e. The standard InChI is InChI=1S/C7H14N2O/c1-4-6-9-7(10-3)8-5-2/h5H,2,4,6H2,1,3H3,(H,8,9). The van der Waals surface area contributed by atoms with Crippen LogP contribution < -0.4 is 5.32 Å². The molecule has 0 unspecified atom stereocenters. The van der Waals surface area contributed by atoms with Crippen molar-refractivity contribution in [2.45, 2.75) is 13.3 Å². The van der Waals surface area contributed by atoms with Gasteiger partial charge in [0.2, 0.25) is 0 Å². The van der Waals surface area contributed by atoms with E-state index in [9.17, 15) is 0 Å². The van der Waals surface area contributed by atoms with Crippen molar-refractivity contribution in [3.8, 4) is 0 Å². The molecular formula is C7H14N2O. The first-order valence-corrected chi connectivity index (χ1v) is 3.31. The van der Waals surface area contributed by atoms with Crippen LogP contribution in [-0.2, 0) is 4.74 Å². The van der Waals surface area contributed by atoms with Gasteiger partial charge >= 0.3 is 0 Å². The minimum Gasteiger partial charge on any atom is -0.468 e. The van der Waals surface area contributed by atoms with E-state index in [1.165, 1.54) is 6.20 Å². The largest absolute Gasteiger partial charge is 0.468 e. The Morgan fingerprint density at radius 3 is 2.90 bits per heavy atom. The van der Waals surface area contributed by atoms with Gasteiger partial charge in [-0.1, -0.05) is 13.5 Å². The van der Waals surface area contributed by atoms with Crippen LogP contribution >= 0.6 is 0 Å². The number of hydrogen-bond acceptors (Lipinski definition) is 2. The summed E-state index contributed by atoms with van der Waals surface area (Å²) in [5.74, 6) is 0. The molecule has 3 nitrogen and oxygen atoms in total. The van der Waals surface area contributed by atoms with Gasteiger partial charge in [-0.2, -0.15) is 0 Å². The maximum atomic E-state index is 4.86. The number of nitrogens with one attached hydrogen (secondary N) is 1. The monoisotopic (exact) mass is 142 g/mol. The van der Waals surface area contributed by atoms with E-state index < -0.39 is 0 Å². The van der Waals surface area contributed by atoms with Gasteiger partial charge in [0.25, 0.3) is 6.02 Å². The second kappa shape index (κ2) is 6.13. The van der Waals surface area contributed by atoms with Crippen molar-refractivity contribution in [2.75, 3.05) is 13.7 Å². The third-order valence-electron chi connectivity index (χ3n) is 0.928. The number of hydrogen-bond donors (Lipinski definition) is 1. The molecule has 0 saturated carbocycles. The Morgan fingerprint density at radius 2 is 2.50 bits per heavy atom. The molecule has 10 heavy (non-hydrogen) atoms. The fraction of sp³-hybridized carbons (Fsp3) is 0.571. The first-order chi connectivity index (χ1) is 4.85. The van der Waals surface area contributed by atoms with Crippen molar-refractivity contribution in [2.24, 2.45) is 4.99 Å². The Hall–Kier alpha value is -0.990. The molecule has 1 N–H and O–H groups in total. The van der Waals surface area contributed by atoms with E-state index in [0.29, 0.717) is 6.02 Å². The van der Waals surface area contributed by atoms with E-state index in [2.05, 4.69) is 23.8 Å². The first kappa shape index (κ1) is 9.01. The quantitative estimate of drug-likeness (QED) is 0.473. The summed E-state index contributed by atoms with van der Waals surface area (Å²) in [6.45, 7) is 6.40. The molecule has 0 amide bonds. The van der Waals surface area contributed by atoms with Gasteiger partial charge in [0.05, 0.1) is 7.11 Å². The average molecular weight is 142 g/mol. The second-order valence-corrected chi connectivity index (χ2v) is 1.75. The van der Waals surface area contributed by atoms with Crippen molar-refractivity contribution < 1.29 is 4.74 Å². The maximum Gasteiger partial charge on any atom is 0.288 e. The van der Waals surface area contributed by atoms with Gasteiger partial charge in [0, 0.05) is 12.7 Å². The molecule has 0 aliphatic heterocycles. The van der Waals surface area contributed by atoms with Crippen LogP contribution in [0.2, 0.25) is 0 Å². The SMILES string of the molecule is C=C/N=C(\NCCC)OC. The molecule has 58 valence electrons. The Labute approximate surface area is 61.8 Å². The maximum absolute atomic E-state index is 4.86. The van der Waals surface area contributed by atoms with Crippen molar-refractivity contribution in [1.82, 2.24) is 5.32 Å². The molecule has 0 bridgehead atoms. The summed E-state index contributed by atoms with van der Waals surface area (Å²) < 4.78 is 4.86. The molecule has 0 aromatic rings. The number of nitrogens with zero attached hydrogens (tertiary/aromatic N) is 1. The van der Waals surface area contributed by atoms with Gasteiger partial charge in [0.15, 0.2) is 0 Å². The summed E-state index contributed by atoms with van der Waals surface area (Å²) >= 11 is 0. The van der Waals surface area contributed by atoms with Crippen LogP contribution in [0, 0.1) is 0 Å². The first-order valence-electron chi connectivity index (χ1n) is 3.31. The third kappa shape index (κ3) is 3.95. The molecule has 0 aromatic carbocycles. The molecule has 0 atom stereocenters. The molecule has 0 radical (unpaired) electrons. The Bertz CT molecular complexity index is 121. The lowest BCUT2D eigenvalue weighted by atomic mass is 10.5. The highest BCUT2D eigenvalue weighted by Crippen LogP contribution is 1.78. The number of rotatable bonds is 3. The Morgan fingerprint density at radius 1 is 1.80 bits per heavy atom. The summed E-state index contributed by atoms with van der Waals surface area (Å²) in [6.07, 6.45) is 2.50. The lowest BCUT2D eigenvalue weighted by molar-refractivity contribution is 0.380. The van der Waals surface area contributed by atoms with Crippen molar-refractivity contribution in [3.05, 3.63) is 12.8 Å². The van der Waals surface area contributed by atoms with E-state index in [4.69, 9.17) is 4.74 Å². The minimum absolute atomic E-state index is 0.525. The predicted molar refractivity (Wildman–Crippen MR) is 42.9 cm³/mol. The van der Waals surface area contributed by atoms with Crippen LogP contribution in [0.5, 0.6) is 0 Å². The lowest BCUT2D eigenvalue weighted by Gasteiger charge is -2.04. The van der Waals surface area contributed by atoms with E-state index in [-0.39, 0.29) is 0 Å².